The first-order valence-electron chi connectivity index (χ1n) is 14.1. The molecule has 0 bridgehead atoms. The maximum Gasteiger partial charge on any atom is 0.339 e. The number of ether oxygens (including phenoxy) is 2. The Morgan fingerprint density at radius 1 is 0.848 bits per heavy atom. The summed E-state index contributed by atoms with van der Waals surface area (Å²) in [6.45, 7) is 3.90. The lowest BCUT2D eigenvalue weighted by Gasteiger charge is -2.14. The summed E-state index contributed by atoms with van der Waals surface area (Å²) in [5, 5.41) is 12.0. The number of para-hydroxylation sites is 2. The zero-order chi connectivity index (χ0) is 32.2. The van der Waals surface area contributed by atoms with Crippen LogP contribution in [-0.2, 0) is 11.3 Å². The molecule has 0 atom stereocenters. The number of hydrogen-bond acceptors (Lipinski definition) is 9. The zero-order valence-corrected chi connectivity index (χ0v) is 25.9. The number of carbonyl (C=O) groups is 1. The highest BCUT2D eigenvalue weighted by Crippen LogP contribution is 2.31. The van der Waals surface area contributed by atoms with Gasteiger partial charge in [-0.15, -0.1) is 0 Å². The lowest BCUT2D eigenvalue weighted by molar-refractivity contribution is 0.0597. The van der Waals surface area contributed by atoms with Crippen LogP contribution in [-0.4, -0.2) is 52.2 Å². The normalized spacial score (nSPS) is 10.9. The van der Waals surface area contributed by atoms with E-state index in [0.29, 0.717) is 27.4 Å². The molecule has 0 radical (unpaired) electrons. The van der Waals surface area contributed by atoms with E-state index < -0.39 is 5.97 Å². The van der Waals surface area contributed by atoms with Gasteiger partial charge in [0.2, 0.25) is 0 Å². The van der Waals surface area contributed by atoms with Crippen molar-refractivity contribution in [3.05, 3.63) is 126 Å². The van der Waals surface area contributed by atoms with E-state index in [1.54, 1.807) is 31.1 Å². The van der Waals surface area contributed by atoms with Crippen molar-refractivity contribution >= 4 is 39.4 Å². The van der Waals surface area contributed by atoms with Crippen LogP contribution >= 0.6 is 11.6 Å². The summed E-state index contributed by atoms with van der Waals surface area (Å²) in [5.41, 5.74) is 5.74. The lowest BCUT2D eigenvalue weighted by atomic mass is 10.1. The second kappa shape index (κ2) is 13.0. The van der Waals surface area contributed by atoms with E-state index in [1.165, 1.54) is 19.5 Å². The molecule has 0 aliphatic rings. The molecule has 0 saturated heterocycles. The number of halogens is 1. The van der Waals surface area contributed by atoms with Crippen molar-refractivity contribution in [2.45, 2.75) is 20.5 Å². The first kappa shape index (κ1) is 30.2. The predicted molar refractivity (Wildman–Crippen MR) is 174 cm³/mol. The highest BCUT2D eigenvalue weighted by molar-refractivity contribution is 6.31. The molecular formula is C34H28ClN7O4. The molecule has 0 fully saturated rings. The minimum absolute atomic E-state index is 0.0704. The number of imidazole rings is 2. The van der Waals surface area contributed by atoms with Crippen LogP contribution < -0.4 is 4.74 Å². The summed E-state index contributed by atoms with van der Waals surface area (Å²) >= 11 is 6.26. The van der Waals surface area contributed by atoms with Gasteiger partial charge in [-0.25, -0.2) is 24.7 Å². The summed E-state index contributed by atoms with van der Waals surface area (Å²) in [6.07, 6.45) is 13.6. The van der Waals surface area contributed by atoms with Crippen LogP contribution in [0.3, 0.4) is 0 Å². The average molecular weight is 634 g/mol. The topological polar surface area (TPSA) is 130 Å². The van der Waals surface area contributed by atoms with E-state index in [0.717, 1.165) is 33.5 Å². The van der Waals surface area contributed by atoms with Crippen molar-refractivity contribution in [2.24, 2.45) is 0 Å². The van der Waals surface area contributed by atoms with Crippen LogP contribution in [0.2, 0.25) is 5.02 Å². The number of aromatic nitrogens is 7. The molecular weight excluding hydrogens is 606 g/mol. The molecule has 5 aromatic heterocycles. The largest absolute Gasteiger partial charge is 0.506 e. The Morgan fingerprint density at radius 3 is 2.07 bits per heavy atom. The standard InChI is InChI=1S/C21H17ClN4O3.C13H11N3O/c1-13-8-18(26-7-6-23-12-26)14-4-3-5-19(20(14)25-13)29-11-16-15(21(27)28-2)9-24-10-17(16)22;1-9-7-11(16-6-5-14-8-16)10-3-2-4-12(17)13(10)15-9/h3-10,12H,11H2,1-2H3;2-8,17H,1H3. The molecule has 0 amide bonds. The number of nitrogens with zero attached hydrogens (tertiary/aromatic N) is 7. The SMILES string of the molecule is COC(=O)c1cncc(Cl)c1COc1cccc2c(-n3ccnc3)cc(C)nc12.Cc1cc(-n2ccnc2)c2cccc(O)c2n1. The van der Waals surface area contributed by atoms with Gasteiger partial charge in [0, 0.05) is 64.9 Å². The number of aryl methyl sites for hydroxylation is 2. The Labute approximate surface area is 268 Å². The number of methoxy groups -OCH3 is 1. The van der Waals surface area contributed by atoms with Crippen LogP contribution in [0.4, 0.5) is 0 Å². The third-order valence-electron chi connectivity index (χ3n) is 7.18. The smallest absolute Gasteiger partial charge is 0.339 e. The van der Waals surface area contributed by atoms with Gasteiger partial charge < -0.3 is 23.7 Å². The monoisotopic (exact) mass is 633 g/mol. The van der Waals surface area contributed by atoms with E-state index in [2.05, 4.69) is 24.9 Å². The number of phenols is 1. The van der Waals surface area contributed by atoms with Crippen LogP contribution in [0.1, 0.15) is 27.3 Å². The summed E-state index contributed by atoms with van der Waals surface area (Å²) in [7, 11) is 1.31. The molecule has 230 valence electrons. The molecule has 0 aliphatic carbocycles. The summed E-state index contributed by atoms with van der Waals surface area (Å²) < 4.78 is 14.7. The maximum atomic E-state index is 12.0. The Kier molecular flexibility index (Phi) is 8.57. The van der Waals surface area contributed by atoms with E-state index in [-0.39, 0.29) is 17.9 Å². The number of hydrogen-bond donors (Lipinski definition) is 1. The number of benzene rings is 2. The average Bonchev–Trinajstić information content (AvgIpc) is 3.80. The van der Waals surface area contributed by atoms with Gasteiger partial charge in [0.1, 0.15) is 29.1 Å². The Bertz CT molecular complexity index is 2170. The Hall–Kier alpha value is -5.81. The molecule has 0 spiro atoms. The molecule has 7 rings (SSSR count). The summed E-state index contributed by atoms with van der Waals surface area (Å²) in [4.78, 5) is 33.2. The van der Waals surface area contributed by atoms with Crippen molar-refractivity contribution in [3.8, 4) is 22.9 Å². The van der Waals surface area contributed by atoms with Gasteiger partial charge in [0.15, 0.2) is 0 Å². The Balaban J connectivity index is 0.000000185. The fourth-order valence-corrected chi connectivity index (χ4v) is 5.27. The van der Waals surface area contributed by atoms with Gasteiger partial charge in [-0.2, -0.15) is 0 Å². The number of fused-ring (bicyclic) bond motifs is 2. The van der Waals surface area contributed by atoms with E-state index >= 15 is 0 Å². The summed E-state index contributed by atoms with van der Waals surface area (Å²) in [6, 6.07) is 15.1. The third kappa shape index (κ3) is 6.08. The fraction of sp³-hybridized carbons (Fsp3) is 0.118. The maximum absolute atomic E-state index is 12.0. The number of esters is 1. The molecule has 2 aromatic carbocycles. The molecule has 46 heavy (non-hydrogen) atoms. The second-order valence-electron chi connectivity index (χ2n) is 10.3. The highest BCUT2D eigenvalue weighted by Gasteiger charge is 2.17. The zero-order valence-electron chi connectivity index (χ0n) is 25.1. The molecule has 0 aliphatic heterocycles. The number of rotatable bonds is 6. The van der Waals surface area contributed by atoms with Crippen molar-refractivity contribution in [3.63, 3.8) is 0 Å². The van der Waals surface area contributed by atoms with Gasteiger partial charge in [-0.05, 0) is 38.1 Å². The third-order valence-corrected chi connectivity index (χ3v) is 7.51. The molecule has 1 N–H and O–H groups in total. The Morgan fingerprint density at radius 2 is 1.46 bits per heavy atom. The van der Waals surface area contributed by atoms with Gasteiger partial charge in [0.05, 0.1) is 41.7 Å². The highest BCUT2D eigenvalue weighted by atomic mass is 35.5. The van der Waals surface area contributed by atoms with Crippen LogP contribution in [0, 0.1) is 13.8 Å². The fourth-order valence-electron chi connectivity index (χ4n) is 5.06. The van der Waals surface area contributed by atoms with Gasteiger partial charge in [-0.3, -0.25) is 4.98 Å². The van der Waals surface area contributed by atoms with Crippen LogP contribution in [0.5, 0.6) is 11.5 Å². The quantitative estimate of drug-likeness (QED) is 0.202. The molecule has 7 aromatic rings. The van der Waals surface area contributed by atoms with Gasteiger partial charge in [-0.1, -0.05) is 35.9 Å². The van der Waals surface area contributed by atoms with Crippen LogP contribution in [0.15, 0.2) is 98.4 Å². The molecule has 0 unspecified atom stereocenters. The molecule has 0 saturated carbocycles. The number of phenolic OH excluding ortho intramolecular Hbond substituents is 1. The number of pyridine rings is 3. The second-order valence-corrected chi connectivity index (χ2v) is 10.7. The predicted octanol–water partition coefficient (Wildman–Crippen LogP) is 6.58. The molecule has 5 heterocycles. The van der Waals surface area contributed by atoms with E-state index in [1.807, 2.05) is 77.8 Å². The molecule has 12 heteroatoms. The summed E-state index contributed by atoms with van der Waals surface area (Å²) in [5.74, 6) is 0.261. The van der Waals surface area contributed by atoms with Crippen molar-refractivity contribution in [1.82, 2.24) is 34.1 Å². The van der Waals surface area contributed by atoms with E-state index in [9.17, 15) is 9.90 Å². The first-order valence-corrected chi connectivity index (χ1v) is 14.5. The minimum Gasteiger partial charge on any atom is -0.506 e. The van der Waals surface area contributed by atoms with Crippen molar-refractivity contribution in [2.75, 3.05) is 7.11 Å². The van der Waals surface area contributed by atoms with Crippen molar-refractivity contribution in [1.29, 1.82) is 0 Å². The van der Waals surface area contributed by atoms with Gasteiger partial charge >= 0.3 is 5.97 Å². The van der Waals surface area contributed by atoms with Crippen molar-refractivity contribution < 1.29 is 19.4 Å². The number of aromatic hydroxyl groups is 1. The minimum atomic E-state index is -0.520. The molecule has 11 nitrogen and oxygen atoms in total. The van der Waals surface area contributed by atoms with Gasteiger partial charge in [0.25, 0.3) is 0 Å². The van der Waals surface area contributed by atoms with E-state index in [4.69, 9.17) is 21.1 Å². The van der Waals surface area contributed by atoms with Crippen LogP contribution in [0.25, 0.3) is 33.2 Å². The number of carbonyl (C=O) groups excluding carboxylic acids is 1. The lowest BCUT2D eigenvalue weighted by Crippen LogP contribution is -2.09. The first-order chi connectivity index (χ1) is 22.3.